The van der Waals surface area contributed by atoms with E-state index in [1.54, 1.807) is 38.0 Å². The van der Waals surface area contributed by atoms with E-state index in [0.29, 0.717) is 30.8 Å². The van der Waals surface area contributed by atoms with Gasteiger partial charge < -0.3 is 4.98 Å². The quantitative estimate of drug-likeness (QED) is 0.767. The maximum absolute atomic E-state index is 12.3. The molecule has 0 unspecified atom stereocenters. The molecule has 0 aliphatic heterocycles. The molecule has 0 saturated carbocycles. The Morgan fingerprint density at radius 2 is 2.15 bits per heavy atom. The number of hydrogen-bond acceptors (Lipinski definition) is 4. The number of hydrogen-bond donors (Lipinski definition) is 2. The highest BCUT2D eigenvalue weighted by Crippen LogP contribution is 2.18. The molecule has 0 atom stereocenters. The van der Waals surface area contributed by atoms with Gasteiger partial charge in [0.25, 0.3) is 0 Å². The van der Waals surface area contributed by atoms with Crippen molar-refractivity contribution < 1.29 is 8.42 Å². The Bertz CT molecular complexity index is 673. The van der Waals surface area contributed by atoms with Crippen LogP contribution >= 0.6 is 0 Å². The second kappa shape index (κ2) is 5.76. The fourth-order valence-electron chi connectivity index (χ4n) is 2.11. The number of nitrogens with one attached hydrogen (secondary N) is 2. The van der Waals surface area contributed by atoms with Gasteiger partial charge in [0.2, 0.25) is 10.0 Å². The largest absolute Gasteiger partial charge is 0.349 e. The topological polar surface area (TPSA) is 92.7 Å². The van der Waals surface area contributed by atoms with Crippen molar-refractivity contribution in [1.29, 1.82) is 0 Å². The summed E-state index contributed by atoms with van der Waals surface area (Å²) in [5, 5.41) is 4.13. The first-order chi connectivity index (χ1) is 9.42. The van der Waals surface area contributed by atoms with Crippen LogP contribution in [0.15, 0.2) is 17.3 Å². The first-order valence-electron chi connectivity index (χ1n) is 6.40. The zero-order chi connectivity index (χ0) is 14.8. The van der Waals surface area contributed by atoms with Gasteiger partial charge in [0, 0.05) is 32.4 Å². The summed E-state index contributed by atoms with van der Waals surface area (Å²) in [6.07, 6.45) is 4.83. The Kier molecular flexibility index (Phi) is 4.24. The molecule has 2 aromatic rings. The van der Waals surface area contributed by atoms with E-state index in [-0.39, 0.29) is 4.90 Å². The molecule has 7 nitrogen and oxygen atoms in total. The van der Waals surface area contributed by atoms with E-state index in [4.69, 9.17) is 0 Å². The maximum Gasteiger partial charge on any atom is 0.244 e. The third-order valence-corrected chi connectivity index (χ3v) is 4.86. The Labute approximate surface area is 118 Å². The van der Waals surface area contributed by atoms with Crippen molar-refractivity contribution >= 4 is 10.0 Å². The molecular weight excluding hydrogens is 278 g/mol. The molecule has 0 aromatic carbocycles. The van der Waals surface area contributed by atoms with Gasteiger partial charge in [0.05, 0.1) is 11.4 Å². The number of imidazole rings is 1. The van der Waals surface area contributed by atoms with Crippen LogP contribution in [-0.2, 0) is 23.5 Å². The fraction of sp³-hybridized carbons (Fsp3) is 0.500. The molecule has 0 aliphatic rings. The normalized spacial score (nSPS) is 11.9. The van der Waals surface area contributed by atoms with E-state index < -0.39 is 10.0 Å². The molecule has 2 rings (SSSR count). The lowest BCUT2D eigenvalue weighted by atomic mass is 10.3. The summed E-state index contributed by atoms with van der Waals surface area (Å²) < 4.78 is 28.7. The van der Waals surface area contributed by atoms with Crippen LogP contribution in [0.3, 0.4) is 0 Å². The molecular formula is C12H19N5O2S. The standard InChI is InChI=1S/C12H19N5O2S/c1-9-12(10(2)17(3)16-9)20(18,19)15-6-4-5-11-13-7-8-14-11/h7-8,15H,4-6H2,1-3H3,(H,13,14). The maximum atomic E-state index is 12.3. The van der Waals surface area contributed by atoms with E-state index in [1.807, 2.05) is 0 Å². The smallest absolute Gasteiger partial charge is 0.244 e. The zero-order valence-corrected chi connectivity index (χ0v) is 12.7. The minimum Gasteiger partial charge on any atom is -0.349 e. The van der Waals surface area contributed by atoms with Gasteiger partial charge in [-0.1, -0.05) is 0 Å². The number of H-pyrrole nitrogens is 1. The fourth-order valence-corrected chi connectivity index (χ4v) is 3.62. The predicted octanol–water partition coefficient (Wildman–Crippen LogP) is 0.671. The molecule has 0 amide bonds. The minimum atomic E-state index is -3.51. The SMILES string of the molecule is Cc1nn(C)c(C)c1S(=O)(=O)NCCCc1ncc[nH]1. The van der Waals surface area contributed by atoms with Gasteiger partial charge in [-0.25, -0.2) is 18.1 Å². The molecule has 2 aromatic heterocycles. The zero-order valence-electron chi connectivity index (χ0n) is 11.8. The summed E-state index contributed by atoms with van der Waals surface area (Å²) in [5.41, 5.74) is 1.16. The highest BCUT2D eigenvalue weighted by molar-refractivity contribution is 7.89. The summed E-state index contributed by atoms with van der Waals surface area (Å²) in [4.78, 5) is 7.36. The van der Waals surface area contributed by atoms with Crippen molar-refractivity contribution in [2.45, 2.75) is 31.6 Å². The van der Waals surface area contributed by atoms with Crippen molar-refractivity contribution in [2.24, 2.45) is 7.05 Å². The molecule has 2 N–H and O–H groups in total. The molecule has 2 heterocycles. The van der Waals surface area contributed by atoms with Crippen molar-refractivity contribution in [2.75, 3.05) is 6.54 Å². The molecule has 0 saturated heterocycles. The molecule has 8 heteroatoms. The Morgan fingerprint density at radius 1 is 1.40 bits per heavy atom. The van der Waals surface area contributed by atoms with E-state index in [9.17, 15) is 8.42 Å². The lowest BCUT2D eigenvalue weighted by Crippen LogP contribution is -2.26. The van der Waals surface area contributed by atoms with Gasteiger partial charge in [-0.05, 0) is 20.3 Å². The molecule has 0 radical (unpaired) electrons. The van der Waals surface area contributed by atoms with Crippen molar-refractivity contribution in [1.82, 2.24) is 24.5 Å². The van der Waals surface area contributed by atoms with Gasteiger partial charge in [0.15, 0.2) is 0 Å². The second-order valence-electron chi connectivity index (χ2n) is 4.66. The van der Waals surface area contributed by atoms with Crippen LogP contribution in [0.4, 0.5) is 0 Å². The molecule has 0 spiro atoms. The number of rotatable bonds is 6. The van der Waals surface area contributed by atoms with Crippen molar-refractivity contribution in [3.8, 4) is 0 Å². The van der Waals surface area contributed by atoms with Crippen LogP contribution in [0.5, 0.6) is 0 Å². The van der Waals surface area contributed by atoms with Gasteiger partial charge in [-0.3, -0.25) is 4.68 Å². The molecule has 0 bridgehead atoms. The molecule has 0 aliphatic carbocycles. The van der Waals surface area contributed by atoms with Crippen LogP contribution in [0.2, 0.25) is 0 Å². The van der Waals surface area contributed by atoms with E-state index >= 15 is 0 Å². The first kappa shape index (κ1) is 14.7. The highest BCUT2D eigenvalue weighted by Gasteiger charge is 2.23. The lowest BCUT2D eigenvalue weighted by Gasteiger charge is -2.06. The monoisotopic (exact) mass is 297 g/mol. The number of aromatic nitrogens is 4. The summed E-state index contributed by atoms with van der Waals surface area (Å²) in [5.74, 6) is 0.859. The first-order valence-corrected chi connectivity index (χ1v) is 7.88. The Balaban J connectivity index is 1.97. The third-order valence-electron chi connectivity index (χ3n) is 3.15. The number of aromatic amines is 1. The summed E-state index contributed by atoms with van der Waals surface area (Å²) in [6, 6.07) is 0. The van der Waals surface area contributed by atoms with Gasteiger partial charge >= 0.3 is 0 Å². The van der Waals surface area contributed by atoms with E-state index in [0.717, 1.165) is 5.82 Å². The van der Waals surface area contributed by atoms with Gasteiger partial charge in [-0.2, -0.15) is 5.10 Å². The average molecular weight is 297 g/mol. The van der Waals surface area contributed by atoms with Crippen molar-refractivity contribution in [3.05, 3.63) is 29.6 Å². The van der Waals surface area contributed by atoms with Crippen LogP contribution in [-0.4, -0.2) is 34.7 Å². The average Bonchev–Trinajstić information content (AvgIpc) is 2.95. The van der Waals surface area contributed by atoms with Crippen LogP contribution < -0.4 is 4.72 Å². The Morgan fingerprint density at radius 3 is 2.70 bits per heavy atom. The summed E-state index contributed by atoms with van der Waals surface area (Å²) in [7, 11) is -1.77. The third kappa shape index (κ3) is 3.07. The van der Waals surface area contributed by atoms with E-state index in [1.165, 1.54) is 0 Å². The highest BCUT2D eigenvalue weighted by atomic mass is 32.2. The number of sulfonamides is 1. The van der Waals surface area contributed by atoms with Gasteiger partial charge in [0.1, 0.15) is 10.7 Å². The summed E-state index contributed by atoms with van der Waals surface area (Å²) in [6.45, 7) is 3.82. The number of aryl methyl sites for hydroxylation is 3. The molecule has 0 fully saturated rings. The second-order valence-corrected chi connectivity index (χ2v) is 6.36. The van der Waals surface area contributed by atoms with Crippen molar-refractivity contribution in [3.63, 3.8) is 0 Å². The predicted molar refractivity (Wildman–Crippen MR) is 74.8 cm³/mol. The number of nitrogens with zero attached hydrogens (tertiary/aromatic N) is 3. The Hall–Kier alpha value is -1.67. The molecule has 20 heavy (non-hydrogen) atoms. The van der Waals surface area contributed by atoms with Crippen LogP contribution in [0.25, 0.3) is 0 Å². The van der Waals surface area contributed by atoms with Crippen LogP contribution in [0.1, 0.15) is 23.6 Å². The van der Waals surface area contributed by atoms with Gasteiger partial charge in [-0.15, -0.1) is 0 Å². The van der Waals surface area contributed by atoms with Crippen LogP contribution in [0, 0.1) is 13.8 Å². The minimum absolute atomic E-state index is 0.276. The summed E-state index contributed by atoms with van der Waals surface area (Å²) >= 11 is 0. The molecule has 110 valence electrons. The van der Waals surface area contributed by atoms with E-state index in [2.05, 4.69) is 19.8 Å². The lowest BCUT2D eigenvalue weighted by molar-refractivity contribution is 0.576.